The maximum atomic E-state index is 14.7. The highest BCUT2D eigenvalue weighted by Crippen LogP contribution is 2.58. The van der Waals surface area contributed by atoms with Gasteiger partial charge in [0.2, 0.25) is 5.82 Å². The molecule has 1 aromatic carbocycles. The van der Waals surface area contributed by atoms with E-state index in [1.54, 1.807) is 12.1 Å². The van der Waals surface area contributed by atoms with Crippen LogP contribution in [0.15, 0.2) is 35.3 Å². The van der Waals surface area contributed by atoms with Crippen molar-refractivity contribution in [1.82, 2.24) is 9.97 Å². The van der Waals surface area contributed by atoms with Crippen LogP contribution < -0.4 is 15.9 Å². The molecule has 172 valence electrons. The average molecular weight is 453 g/mol. The molecule has 33 heavy (non-hydrogen) atoms. The van der Waals surface area contributed by atoms with Gasteiger partial charge < -0.3 is 15.5 Å². The second-order valence-corrected chi connectivity index (χ2v) is 9.10. The molecule has 4 unspecified atom stereocenters. The van der Waals surface area contributed by atoms with Crippen molar-refractivity contribution in [3.8, 4) is 5.75 Å². The van der Waals surface area contributed by atoms with Crippen LogP contribution in [0.25, 0.3) is 10.9 Å². The van der Waals surface area contributed by atoms with Crippen molar-refractivity contribution in [1.29, 1.82) is 0 Å². The van der Waals surface area contributed by atoms with Gasteiger partial charge in [-0.25, -0.2) is 4.39 Å². The van der Waals surface area contributed by atoms with Gasteiger partial charge in [0, 0.05) is 29.4 Å². The monoisotopic (exact) mass is 453 g/mol. The maximum Gasteiger partial charge on any atom is 0.268 e. The van der Waals surface area contributed by atoms with Gasteiger partial charge >= 0.3 is 0 Å². The number of amides is 1. The predicted molar refractivity (Wildman–Crippen MR) is 119 cm³/mol. The molecule has 2 aliphatic carbocycles. The van der Waals surface area contributed by atoms with Crippen LogP contribution >= 0.6 is 0 Å². The lowest BCUT2D eigenvalue weighted by molar-refractivity contribution is 0.0997. The Kier molecular flexibility index (Phi) is 5.38. The molecule has 8 heteroatoms. The number of methoxy groups -OCH3 is 1. The summed E-state index contributed by atoms with van der Waals surface area (Å²) in [4.78, 5) is 32.1. The number of nitrogens with two attached hydrogens (primary N) is 1. The number of H-pyrrole nitrogens is 1. The summed E-state index contributed by atoms with van der Waals surface area (Å²) in [6, 6.07) is 5.90. The van der Waals surface area contributed by atoms with Gasteiger partial charge in [-0.2, -0.15) is 4.39 Å². The van der Waals surface area contributed by atoms with Gasteiger partial charge in [-0.15, -0.1) is 0 Å². The molecule has 0 aliphatic heterocycles. The minimum Gasteiger partial charge on any atom is -0.493 e. The number of hydrogen-bond donors (Lipinski definition) is 2. The van der Waals surface area contributed by atoms with Crippen LogP contribution in [0.3, 0.4) is 0 Å². The summed E-state index contributed by atoms with van der Waals surface area (Å²) in [6.45, 7) is 0. The van der Waals surface area contributed by atoms with Crippen molar-refractivity contribution < 1.29 is 18.3 Å². The third-order valence-corrected chi connectivity index (χ3v) is 7.46. The molecular formula is C25H25F2N3O3. The van der Waals surface area contributed by atoms with Crippen LogP contribution in [0.4, 0.5) is 8.78 Å². The normalized spacial score (nSPS) is 24.6. The molecule has 1 amide bonds. The number of carbonyl (C=O) groups excluding carboxylic acids is 1. The van der Waals surface area contributed by atoms with E-state index in [9.17, 15) is 18.4 Å². The van der Waals surface area contributed by atoms with Gasteiger partial charge in [0.15, 0.2) is 17.0 Å². The molecule has 0 bridgehead atoms. The summed E-state index contributed by atoms with van der Waals surface area (Å²) < 4.78 is 33.9. The minimum absolute atomic E-state index is 0.0698. The van der Waals surface area contributed by atoms with Crippen molar-refractivity contribution in [2.45, 2.75) is 43.9 Å². The molecule has 2 heterocycles. The van der Waals surface area contributed by atoms with Crippen LogP contribution in [0, 0.1) is 23.5 Å². The number of hydrogen-bond acceptors (Lipinski definition) is 4. The number of primary amides is 1. The van der Waals surface area contributed by atoms with Crippen molar-refractivity contribution in [2.75, 3.05) is 7.11 Å². The first kappa shape index (κ1) is 21.6. The fraction of sp³-hybridized carbons (Fsp3) is 0.400. The lowest BCUT2D eigenvalue weighted by Gasteiger charge is -2.31. The third-order valence-electron chi connectivity index (χ3n) is 7.46. The number of nitrogens with one attached hydrogen (secondary N) is 1. The highest BCUT2D eigenvalue weighted by atomic mass is 19.2. The number of carbonyl (C=O) groups is 1. The Morgan fingerprint density at radius 3 is 2.76 bits per heavy atom. The first-order valence-electron chi connectivity index (χ1n) is 11.2. The summed E-state index contributed by atoms with van der Waals surface area (Å²) in [7, 11) is 1.35. The molecule has 0 radical (unpaired) electrons. The van der Waals surface area contributed by atoms with E-state index in [0.717, 1.165) is 38.2 Å². The fourth-order valence-electron chi connectivity index (χ4n) is 6.16. The van der Waals surface area contributed by atoms with Crippen LogP contribution in [0.5, 0.6) is 5.75 Å². The number of halogens is 2. The minimum atomic E-state index is -0.989. The first-order valence-corrected chi connectivity index (χ1v) is 11.2. The lowest BCUT2D eigenvalue weighted by atomic mass is 9.74. The van der Waals surface area contributed by atoms with Crippen molar-refractivity contribution in [2.24, 2.45) is 17.6 Å². The first-order chi connectivity index (χ1) is 15.9. The van der Waals surface area contributed by atoms with Crippen molar-refractivity contribution in [3.05, 3.63) is 69.3 Å². The van der Waals surface area contributed by atoms with E-state index >= 15 is 0 Å². The molecular weight excluding hydrogens is 428 g/mol. The quantitative estimate of drug-likeness (QED) is 0.612. The molecule has 4 atom stereocenters. The summed E-state index contributed by atoms with van der Waals surface area (Å²) in [5.74, 6) is -2.32. The molecule has 5 rings (SSSR count). The van der Waals surface area contributed by atoms with E-state index in [1.807, 2.05) is 0 Å². The number of benzene rings is 1. The SMILES string of the molecule is COc1c(C2C(c3cc(=O)c4c(C(N)=O)nccc4[nH]3)CC3CCCCC32)ccc(F)c1F. The van der Waals surface area contributed by atoms with Gasteiger partial charge in [-0.05, 0) is 42.7 Å². The third kappa shape index (κ3) is 3.48. The van der Waals surface area contributed by atoms with Gasteiger partial charge in [0.05, 0.1) is 18.0 Å². The summed E-state index contributed by atoms with van der Waals surface area (Å²) in [6.07, 6.45) is 6.54. The van der Waals surface area contributed by atoms with E-state index in [2.05, 4.69) is 9.97 Å². The Morgan fingerprint density at radius 1 is 1.21 bits per heavy atom. The molecule has 3 N–H and O–H groups in total. The predicted octanol–water partition coefficient (Wildman–Crippen LogP) is 4.39. The number of pyridine rings is 2. The van der Waals surface area contributed by atoms with E-state index < -0.39 is 17.5 Å². The van der Waals surface area contributed by atoms with Crippen LogP contribution in [-0.2, 0) is 0 Å². The molecule has 2 aromatic heterocycles. The zero-order valence-electron chi connectivity index (χ0n) is 18.2. The standard InChI is InChI=1S/C25H25F2N3O3/c1-33-24-14(6-7-16(26)22(24)27)20-13-5-3-2-4-12(13)10-15(20)18-11-19(31)21-17(30-18)8-9-29-23(21)25(28)32/h6-9,11-13,15,20H,2-5,10H2,1H3,(H2,28,32)(H,30,31). The fourth-order valence-corrected chi connectivity index (χ4v) is 6.16. The van der Waals surface area contributed by atoms with E-state index in [0.29, 0.717) is 22.7 Å². The molecule has 3 aromatic rings. The largest absolute Gasteiger partial charge is 0.493 e. The summed E-state index contributed by atoms with van der Waals surface area (Å²) >= 11 is 0. The maximum absolute atomic E-state index is 14.7. The average Bonchev–Trinajstić information content (AvgIpc) is 3.19. The lowest BCUT2D eigenvalue weighted by Crippen LogP contribution is -2.21. The van der Waals surface area contributed by atoms with Crippen LogP contribution in [0.2, 0.25) is 0 Å². The number of fused-ring (bicyclic) bond motifs is 2. The molecule has 2 fully saturated rings. The molecule has 0 saturated heterocycles. The van der Waals surface area contributed by atoms with Crippen LogP contribution in [0.1, 0.15) is 65.7 Å². The highest BCUT2D eigenvalue weighted by molar-refractivity contribution is 6.03. The zero-order valence-corrected chi connectivity index (χ0v) is 18.2. The van der Waals surface area contributed by atoms with E-state index in [4.69, 9.17) is 10.5 Å². The Balaban J connectivity index is 1.68. The zero-order chi connectivity index (χ0) is 23.3. The number of ether oxygens (including phenoxy) is 1. The van der Waals surface area contributed by atoms with E-state index in [1.165, 1.54) is 19.4 Å². The van der Waals surface area contributed by atoms with Gasteiger partial charge in [0.1, 0.15) is 5.69 Å². The molecule has 2 saturated carbocycles. The van der Waals surface area contributed by atoms with Gasteiger partial charge in [0.25, 0.3) is 5.91 Å². The summed E-state index contributed by atoms with van der Waals surface area (Å²) in [5, 5.41) is 0.158. The van der Waals surface area contributed by atoms with Gasteiger partial charge in [-0.1, -0.05) is 25.3 Å². The summed E-state index contributed by atoms with van der Waals surface area (Å²) in [5.41, 5.74) is 6.82. The number of aromatic nitrogens is 2. The Bertz CT molecular complexity index is 1310. The number of aromatic amines is 1. The van der Waals surface area contributed by atoms with Crippen molar-refractivity contribution >= 4 is 16.8 Å². The Labute approximate surface area is 189 Å². The van der Waals surface area contributed by atoms with Crippen molar-refractivity contribution in [3.63, 3.8) is 0 Å². The highest BCUT2D eigenvalue weighted by Gasteiger charge is 2.47. The van der Waals surface area contributed by atoms with Gasteiger partial charge in [-0.3, -0.25) is 14.6 Å². The second kappa shape index (κ2) is 8.24. The smallest absolute Gasteiger partial charge is 0.268 e. The molecule has 2 aliphatic rings. The van der Waals surface area contributed by atoms with E-state index in [-0.39, 0.29) is 40.0 Å². The molecule has 6 nitrogen and oxygen atoms in total. The Morgan fingerprint density at radius 2 is 2.00 bits per heavy atom. The number of rotatable bonds is 4. The molecule has 0 spiro atoms. The Hall–Kier alpha value is -3.29. The number of nitrogens with zero attached hydrogens (tertiary/aromatic N) is 1. The second-order valence-electron chi connectivity index (χ2n) is 9.10. The van der Waals surface area contributed by atoms with Crippen LogP contribution in [-0.4, -0.2) is 23.0 Å². The topological polar surface area (TPSA) is 98.1 Å².